The Bertz CT molecular complexity index is 899. The van der Waals surface area contributed by atoms with Gasteiger partial charge >= 0.3 is 0 Å². The summed E-state index contributed by atoms with van der Waals surface area (Å²) in [6, 6.07) is 5.66. The van der Waals surface area contributed by atoms with Crippen molar-refractivity contribution in [3.8, 4) is 22.5 Å². The van der Waals surface area contributed by atoms with Crippen LogP contribution in [0.5, 0.6) is 0 Å². The Morgan fingerprint density at radius 2 is 1.85 bits per heavy atom. The summed E-state index contributed by atoms with van der Waals surface area (Å²) in [6.07, 6.45) is 8.92. The molecule has 26 heavy (non-hydrogen) atoms. The molecule has 4 rings (SSSR count). The number of morpholine rings is 1. The maximum atomic E-state index is 12.7. The van der Waals surface area contributed by atoms with Crippen LogP contribution in [0.3, 0.4) is 0 Å². The topological polar surface area (TPSA) is 73.1 Å². The summed E-state index contributed by atoms with van der Waals surface area (Å²) < 4.78 is 7.17. The summed E-state index contributed by atoms with van der Waals surface area (Å²) in [6.45, 7) is 2.43. The van der Waals surface area contributed by atoms with E-state index in [1.807, 2.05) is 40.9 Å². The molecule has 0 spiro atoms. The van der Waals surface area contributed by atoms with Crippen LogP contribution >= 0.6 is 0 Å². The Labute approximate surface area is 151 Å². The van der Waals surface area contributed by atoms with Crippen molar-refractivity contribution >= 4 is 5.91 Å². The van der Waals surface area contributed by atoms with E-state index < -0.39 is 0 Å². The molecule has 7 nitrogen and oxygen atoms in total. The first kappa shape index (κ1) is 16.4. The lowest BCUT2D eigenvalue weighted by molar-refractivity contribution is 0.0296. The van der Waals surface area contributed by atoms with Crippen molar-refractivity contribution in [2.24, 2.45) is 7.05 Å². The van der Waals surface area contributed by atoms with Gasteiger partial charge in [-0.1, -0.05) is 0 Å². The number of ether oxygens (including phenoxy) is 1. The number of amides is 1. The molecule has 0 aromatic carbocycles. The van der Waals surface area contributed by atoms with Crippen molar-refractivity contribution < 1.29 is 9.53 Å². The number of rotatable bonds is 3. The molecule has 1 aliphatic heterocycles. The molecule has 1 aliphatic rings. The fraction of sp³-hybridized carbons (Fsp3) is 0.263. The first-order valence-corrected chi connectivity index (χ1v) is 8.48. The van der Waals surface area contributed by atoms with Gasteiger partial charge in [-0.2, -0.15) is 0 Å². The second kappa shape index (κ2) is 7.05. The summed E-state index contributed by atoms with van der Waals surface area (Å²) in [5.41, 5.74) is 3.31. The van der Waals surface area contributed by atoms with E-state index in [1.165, 1.54) is 0 Å². The molecular formula is C19H19N5O2. The normalized spacial score (nSPS) is 14.4. The van der Waals surface area contributed by atoms with Crippen LogP contribution in [0, 0.1) is 0 Å². The standard InChI is InChI=1S/C19H19N5O2/c1-23-13-15(9-17(23)19(25)24-5-7-26-8-6-24)16-11-21-18(22-12-16)14-3-2-4-20-10-14/h2-4,9-13H,5-8H2,1H3. The molecule has 1 amide bonds. The van der Waals surface area contributed by atoms with Gasteiger partial charge in [-0.15, -0.1) is 0 Å². The zero-order valence-corrected chi connectivity index (χ0v) is 14.5. The monoisotopic (exact) mass is 349 g/mol. The number of nitrogens with zero attached hydrogens (tertiary/aromatic N) is 5. The molecule has 0 unspecified atom stereocenters. The number of carbonyl (C=O) groups is 1. The highest BCUT2D eigenvalue weighted by Gasteiger charge is 2.21. The molecule has 0 atom stereocenters. The van der Waals surface area contributed by atoms with Crippen molar-refractivity contribution in [2.45, 2.75) is 0 Å². The fourth-order valence-corrected chi connectivity index (χ4v) is 2.98. The van der Waals surface area contributed by atoms with Gasteiger partial charge in [0.1, 0.15) is 5.69 Å². The van der Waals surface area contributed by atoms with Gasteiger partial charge in [-0.25, -0.2) is 9.97 Å². The lowest BCUT2D eigenvalue weighted by Gasteiger charge is -2.26. The number of aromatic nitrogens is 4. The number of carbonyl (C=O) groups excluding carboxylic acids is 1. The highest BCUT2D eigenvalue weighted by Crippen LogP contribution is 2.23. The lowest BCUT2D eigenvalue weighted by atomic mass is 10.1. The van der Waals surface area contributed by atoms with E-state index >= 15 is 0 Å². The summed E-state index contributed by atoms with van der Waals surface area (Å²) in [7, 11) is 1.88. The van der Waals surface area contributed by atoms with Crippen LogP contribution in [0.1, 0.15) is 10.5 Å². The van der Waals surface area contributed by atoms with Gasteiger partial charge in [0.2, 0.25) is 0 Å². The SMILES string of the molecule is Cn1cc(-c2cnc(-c3cccnc3)nc2)cc1C(=O)N1CCOCC1. The quantitative estimate of drug-likeness (QED) is 0.723. The maximum absolute atomic E-state index is 12.7. The van der Waals surface area contributed by atoms with E-state index in [-0.39, 0.29) is 5.91 Å². The Morgan fingerprint density at radius 1 is 1.08 bits per heavy atom. The van der Waals surface area contributed by atoms with E-state index in [9.17, 15) is 4.79 Å². The molecule has 1 saturated heterocycles. The lowest BCUT2D eigenvalue weighted by Crippen LogP contribution is -2.41. The van der Waals surface area contributed by atoms with Crippen molar-refractivity contribution in [2.75, 3.05) is 26.3 Å². The predicted molar refractivity (Wildman–Crippen MR) is 96.4 cm³/mol. The van der Waals surface area contributed by atoms with Crippen LogP contribution < -0.4 is 0 Å². The second-order valence-corrected chi connectivity index (χ2v) is 6.17. The Kier molecular flexibility index (Phi) is 4.45. The fourth-order valence-electron chi connectivity index (χ4n) is 2.98. The molecule has 3 aromatic heterocycles. The first-order chi connectivity index (χ1) is 12.7. The molecule has 0 bridgehead atoms. The Hall–Kier alpha value is -3.06. The minimum absolute atomic E-state index is 0.0231. The van der Waals surface area contributed by atoms with Crippen LogP contribution in [0.15, 0.2) is 49.2 Å². The maximum Gasteiger partial charge on any atom is 0.270 e. The van der Waals surface area contributed by atoms with Crippen molar-refractivity contribution in [3.63, 3.8) is 0 Å². The van der Waals surface area contributed by atoms with Crippen LogP contribution in [0.4, 0.5) is 0 Å². The zero-order chi connectivity index (χ0) is 17.9. The summed E-state index contributed by atoms with van der Waals surface area (Å²) in [4.78, 5) is 27.5. The van der Waals surface area contributed by atoms with Gasteiger partial charge in [-0.05, 0) is 18.2 Å². The highest BCUT2D eigenvalue weighted by atomic mass is 16.5. The molecule has 7 heteroatoms. The number of hydrogen-bond acceptors (Lipinski definition) is 5. The molecular weight excluding hydrogens is 330 g/mol. The average Bonchev–Trinajstić information content (AvgIpc) is 3.10. The summed E-state index contributed by atoms with van der Waals surface area (Å²) in [5, 5.41) is 0. The highest BCUT2D eigenvalue weighted by molar-refractivity contribution is 5.94. The molecule has 3 aromatic rings. The van der Waals surface area contributed by atoms with Gasteiger partial charge in [0.05, 0.1) is 13.2 Å². The van der Waals surface area contributed by atoms with E-state index in [0.717, 1.165) is 16.7 Å². The third-order valence-corrected chi connectivity index (χ3v) is 4.43. The zero-order valence-electron chi connectivity index (χ0n) is 14.5. The summed E-state index contributed by atoms with van der Waals surface area (Å²) in [5.74, 6) is 0.650. The minimum Gasteiger partial charge on any atom is -0.378 e. The van der Waals surface area contributed by atoms with Gasteiger partial charge in [0, 0.05) is 67.8 Å². The van der Waals surface area contributed by atoms with E-state index in [4.69, 9.17) is 4.74 Å². The predicted octanol–water partition coefficient (Wildman–Crippen LogP) is 2.02. The number of hydrogen-bond donors (Lipinski definition) is 0. The van der Waals surface area contributed by atoms with Crippen LogP contribution in [-0.2, 0) is 11.8 Å². The van der Waals surface area contributed by atoms with Crippen molar-refractivity contribution in [1.82, 2.24) is 24.4 Å². The molecule has 1 fully saturated rings. The van der Waals surface area contributed by atoms with Gasteiger partial charge in [0.15, 0.2) is 5.82 Å². The first-order valence-electron chi connectivity index (χ1n) is 8.48. The Balaban J connectivity index is 1.58. The summed E-state index contributed by atoms with van der Waals surface area (Å²) >= 11 is 0. The van der Waals surface area contributed by atoms with E-state index in [2.05, 4.69) is 15.0 Å². The Morgan fingerprint density at radius 3 is 2.54 bits per heavy atom. The van der Waals surface area contributed by atoms with Crippen LogP contribution in [-0.4, -0.2) is 56.6 Å². The van der Waals surface area contributed by atoms with E-state index in [0.29, 0.717) is 37.8 Å². The molecule has 0 radical (unpaired) electrons. The average molecular weight is 349 g/mol. The number of pyridine rings is 1. The van der Waals surface area contributed by atoms with Gasteiger partial charge < -0.3 is 14.2 Å². The van der Waals surface area contributed by atoms with Gasteiger partial charge in [0.25, 0.3) is 5.91 Å². The largest absolute Gasteiger partial charge is 0.378 e. The van der Waals surface area contributed by atoms with Crippen molar-refractivity contribution in [1.29, 1.82) is 0 Å². The molecule has 0 aliphatic carbocycles. The third kappa shape index (κ3) is 3.21. The van der Waals surface area contributed by atoms with E-state index in [1.54, 1.807) is 24.8 Å². The molecule has 4 heterocycles. The number of aryl methyl sites for hydroxylation is 1. The molecule has 132 valence electrons. The third-order valence-electron chi connectivity index (χ3n) is 4.43. The minimum atomic E-state index is 0.0231. The smallest absolute Gasteiger partial charge is 0.270 e. The van der Waals surface area contributed by atoms with Gasteiger partial charge in [-0.3, -0.25) is 9.78 Å². The van der Waals surface area contributed by atoms with Crippen LogP contribution in [0.25, 0.3) is 22.5 Å². The van der Waals surface area contributed by atoms with Crippen LogP contribution in [0.2, 0.25) is 0 Å². The molecule has 0 saturated carbocycles. The van der Waals surface area contributed by atoms with Crippen molar-refractivity contribution in [3.05, 3.63) is 54.9 Å². The second-order valence-electron chi connectivity index (χ2n) is 6.17. The molecule has 0 N–H and O–H groups in total.